The Bertz CT molecular complexity index is 592. The molecule has 98 valence electrons. The highest BCUT2D eigenvalue weighted by Gasteiger charge is 2.19. The largest absolute Gasteiger partial charge is 0.492 e. The van der Waals surface area contributed by atoms with Crippen molar-refractivity contribution in [1.29, 1.82) is 0 Å². The van der Waals surface area contributed by atoms with E-state index in [1.807, 2.05) is 7.05 Å². The molecule has 2 nitrogen and oxygen atoms in total. The molecule has 0 aliphatic carbocycles. The van der Waals surface area contributed by atoms with E-state index in [1.54, 1.807) is 0 Å². The van der Waals surface area contributed by atoms with Crippen LogP contribution in [0, 0.1) is 0 Å². The van der Waals surface area contributed by atoms with Crippen molar-refractivity contribution in [3.63, 3.8) is 0 Å². The second kappa shape index (κ2) is 5.06. The van der Waals surface area contributed by atoms with Crippen molar-refractivity contribution >= 4 is 0 Å². The van der Waals surface area contributed by atoms with Crippen LogP contribution in [-0.2, 0) is 6.42 Å². The molecule has 0 spiro atoms. The van der Waals surface area contributed by atoms with E-state index in [0.717, 1.165) is 18.8 Å². The zero-order valence-electron chi connectivity index (χ0n) is 11.4. The summed E-state index contributed by atoms with van der Waals surface area (Å²) >= 11 is 0. The molecule has 1 aliphatic heterocycles. The van der Waals surface area contributed by atoms with E-state index in [4.69, 9.17) is 4.74 Å². The smallest absolute Gasteiger partial charge is 0.130 e. The van der Waals surface area contributed by atoms with Gasteiger partial charge in [0.25, 0.3) is 0 Å². The molecule has 0 fully saturated rings. The summed E-state index contributed by atoms with van der Waals surface area (Å²) in [6.07, 6.45) is 1.02. The normalized spacial score (nSPS) is 14.8. The van der Waals surface area contributed by atoms with Crippen LogP contribution in [0.25, 0.3) is 11.1 Å². The Morgan fingerprint density at radius 2 is 1.84 bits per heavy atom. The summed E-state index contributed by atoms with van der Waals surface area (Å²) in [6, 6.07) is 15.3. The molecular formula is C17H19NO. The van der Waals surface area contributed by atoms with E-state index < -0.39 is 0 Å². The third-order valence-corrected chi connectivity index (χ3v) is 3.86. The highest BCUT2D eigenvalue weighted by Crippen LogP contribution is 2.39. The first-order chi connectivity index (χ1) is 9.31. The quantitative estimate of drug-likeness (QED) is 0.903. The third kappa shape index (κ3) is 2.13. The summed E-state index contributed by atoms with van der Waals surface area (Å²) in [4.78, 5) is 0. The Morgan fingerprint density at radius 3 is 2.68 bits per heavy atom. The Labute approximate surface area is 114 Å². The third-order valence-electron chi connectivity index (χ3n) is 3.86. The van der Waals surface area contributed by atoms with Crippen LogP contribution in [0.5, 0.6) is 5.75 Å². The van der Waals surface area contributed by atoms with Crippen LogP contribution in [0.2, 0.25) is 0 Å². The first kappa shape index (κ1) is 12.2. The van der Waals surface area contributed by atoms with Crippen LogP contribution in [0.3, 0.4) is 0 Å². The first-order valence-corrected chi connectivity index (χ1v) is 6.82. The van der Waals surface area contributed by atoms with Crippen LogP contribution < -0.4 is 10.1 Å². The van der Waals surface area contributed by atoms with Gasteiger partial charge in [0.1, 0.15) is 5.75 Å². The second-order valence-electron chi connectivity index (χ2n) is 4.99. The fraction of sp³-hybridized carbons (Fsp3) is 0.294. The highest BCUT2D eigenvalue weighted by molar-refractivity contribution is 5.75. The van der Waals surface area contributed by atoms with Crippen molar-refractivity contribution in [2.24, 2.45) is 0 Å². The van der Waals surface area contributed by atoms with Gasteiger partial charge in [-0.2, -0.15) is 0 Å². The molecular weight excluding hydrogens is 234 g/mol. The predicted molar refractivity (Wildman–Crippen MR) is 78.6 cm³/mol. The number of hydrogen-bond donors (Lipinski definition) is 1. The Hall–Kier alpha value is -1.80. The van der Waals surface area contributed by atoms with Crippen molar-refractivity contribution in [3.8, 4) is 16.9 Å². The van der Waals surface area contributed by atoms with E-state index in [9.17, 15) is 0 Å². The molecule has 19 heavy (non-hydrogen) atoms. The SMILES string of the molecule is CNC(C)c1ccccc1-c1cccc2c1OCC2. The maximum Gasteiger partial charge on any atom is 0.130 e. The van der Waals surface area contributed by atoms with Crippen LogP contribution in [0.4, 0.5) is 0 Å². The maximum atomic E-state index is 5.83. The highest BCUT2D eigenvalue weighted by atomic mass is 16.5. The number of benzene rings is 2. The molecule has 1 atom stereocenters. The van der Waals surface area contributed by atoms with Crippen LogP contribution in [0.1, 0.15) is 24.1 Å². The molecule has 1 N–H and O–H groups in total. The molecule has 2 aromatic rings. The van der Waals surface area contributed by atoms with Gasteiger partial charge in [-0.25, -0.2) is 0 Å². The molecule has 3 rings (SSSR count). The number of fused-ring (bicyclic) bond motifs is 1. The lowest BCUT2D eigenvalue weighted by Gasteiger charge is -2.17. The fourth-order valence-corrected chi connectivity index (χ4v) is 2.70. The first-order valence-electron chi connectivity index (χ1n) is 6.82. The van der Waals surface area contributed by atoms with Gasteiger partial charge in [0.15, 0.2) is 0 Å². The topological polar surface area (TPSA) is 21.3 Å². The van der Waals surface area contributed by atoms with Gasteiger partial charge in [0.2, 0.25) is 0 Å². The Kier molecular flexibility index (Phi) is 3.26. The van der Waals surface area contributed by atoms with Crippen LogP contribution in [0.15, 0.2) is 42.5 Å². The predicted octanol–water partition coefficient (Wildman–Crippen LogP) is 3.57. The summed E-state index contributed by atoms with van der Waals surface area (Å²) in [7, 11) is 1.99. The average molecular weight is 253 g/mol. The molecule has 2 heteroatoms. The maximum absolute atomic E-state index is 5.83. The Morgan fingerprint density at radius 1 is 1.05 bits per heavy atom. The van der Waals surface area contributed by atoms with E-state index in [-0.39, 0.29) is 0 Å². The average Bonchev–Trinajstić information content (AvgIpc) is 2.94. The van der Waals surface area contributed by atoms with Crippen molar-refractivity contribution in [2.45, 2.75) is 19.4 Å². The second-order valence-corrected chi connectivity index (χ2v) is 4.99. The number of para-hydroxylation sites is 1. The van der Waals surface area contributed by atoms with Gasteiger partial charge in [-0.3, -0.25) is 0 Å². The number of hydrogen-bond acceptors (Lipinski definition) is 2. The lowest BCUT2D eigenvalue weighted by atomic mass is 9.93. The molecule has 1 heterocycles. The minimum absolute atomic E-state index is 0.327. The van der Waals surface area contributed by atoms with Crippen molar-refractivity contribution in [3.05, 3.63) is 53.6 Å². The van der Waals surface area contributed by atoms with Crippen molar-refractivity contribution in [1.82, 2.24) is 5.32 Å². The Balaban J connectivity index is 2.15. The molecule has 2 aromatic carbocycles. The van der Waals surface area contributed by atoms with E-state index in [0.29, 0.717) is 6.04 Å². The lowest BCUT2D eigenvalue weighted by Crippen LogP contribution is -2.13. The van der Waals surface area contributed by atoms with Crippen molar-refractivity contribution in [2.75, 3.05) is 13.7 Å². The standard InChI is InChI=1S/C17H19NO/c1-12(18-2)14-7-3-4-8-15(14)16-9-5-6-13-10-11-19-17(13)16/h3-9,12,18H,10-11H2,1-2H3. The fourth-order valence-electron chi connectivity index (χ4n) is 2.70. The lowest BCUT2D eigenvalue weighted by molar-refractivity contribution is 0.358. The zero-order valence-corrected chi connectivity index (χ0v) is 11.4. The molecule has 0 saturated heterocycles. The van der Waals surface area contributed by atoms with Crippen LogP contribution in [-0.4, -0.2) is 13.7 Å². The number of rotatable bonds is 3. The van der Waals surface area contributed by atoms with Crippen molar-refractivity contribution < 1.29 is 4.74 Å². The molecule has 0 bridgehead atoms. The monoisotopic (exact) mass is 253 g/mol. The minimum atomic E-state index is 0.327. The summed E-state index contributed by atoms with van der Waals surface area (Å²) < 4.78 is 5.83. The molecule has 0 aromatic heterocycles. The number of ether oxygens (including phenoxy) is 1. The van der Waals surface area contributed by atoms with Gasteiger partial charge >= 0.3 is 0 Å². The summed E-state index contributed by atoms with van der Waals surface area (Å²) in [5.41, 5.74) is 5.12. The molecule has 0 saturated carbocycles. The van der Waals surface area contributed by atoms with Gasteiger partial charge in [0.05, 0.1) is 6.61 Å². The van der Waals surface area contributed by atoms with Gasteiger partial charge < -0.3 is 10.1 Å². The van der Waals surface area contributed by atoms with Gasteiger partial charge in [-0.1, -0.05) is 42.5 Å². The molecule has 0 amide bonds. The van der Waals surface area contributed by atoms with Gasteiger partial charge in [-0.05, 0) is 30.7 Å². The molecule has 1 aliphatic rings. The summed E-state index contributed by atoms with van der Waals surface area (Å²) in [5.74, 6) is 1.07. The van der Waals surface area contributed by atoms with Gasteiger partial charge in [0, 0.05) is 18.0 Å². The van der Waals surface area contributed by atoms with E-state index >= 15 is 0 Å². The van der Waals surface area contributed by atoms with Crippen LogP contribution >= 0.6 is 0 Å². The van der Waals surface area contributed by atoms with E-state index in [2.05, 4.69) is 54.7 Å². The number of nitrogens with one attached hydrogen (secondary N) is 1. The zero-order chi connectivity index (χ0) is 13.2. The van der Waals surface area contributed by atoms with E-state index in [1.165, 1.54) is 22.3 Å². The van der Waals surface area contributed by atoms with Gasteiger partial charge in [-0.15, -0.1) is 0 Å². The molecule has 0 radical (unpaired) electrons. The summed E-state index contributed by atoms with van der Waals surface area (Å²) in [6.45, 7) is 2.99. The molecule has 1 unspecified atom stereocenters. The summed E-state index contributed by atoms with van der Waals surface area (Å²) in [5, 5.41) is 3.32. The minimum Gasteiger partial charge on any atom is -0.492 e.